The minimum atomic E-state index is -1.05. The third kappa shape index (κ3) is 4.50. The van der Waals surface area contributed by atoms with Gasteiger partial charge < -0.3 is 14.6 Å². The largest absolute Gasteiger partial charge is 0.496 e. The smallest absolute Gasteiger partial charge is 0.304 e. The molecule has 1 unspecified atom stereocenters. The van der Waals surface area contributed by atoms with E-state index in [9.17, 15) is 14.4 Å². The van der Waals surface area contributed by atoms with Crippen LogP contribution >= 0.6 is 0 Å². The molecule has 0 saturated carbocycles. The molecule has 1 atom stereocenters. The van der Waals surface area contributed by atoms with E-state index in [1.54, 1.807) is 24.3 Å². The zero-order valence-electron chi connectivity index (χ0n) is 11.6. The molecule has 20 heavy (non-hydrogen) atoms. The summed E-state index contributed by atoms with van der Waals surface area (Å²) >= 11 is 0. The van der Waals surface area contributed by atoms with Crippen molar-refractivity contribution < 1.29 is 24.2 Å². The van der Waals surface area contributed by atoms with Crippen LogP contribution in [0.3, 0.4) is 0 Å². The van der Waals surface area contributed by atoms with Gasteiger partial charge in [-0.2, -0.15) is 0 Å². The van der Waals surface area contributed by atoms with Crippen molar-refractivity contribution in [2.45, 2.75) is 26.2 Å². The molecule has 0 fully saturated rings. The maximum Gasteiger partial charge on any atom is 0.304 e. The van der Waals surface area contributed by atoms with Crippen LogP contribution in [-0.4, -0.2) is 29.8 Å². The standard InChI is InChI=1S/C15H18O5/c1-10(16)7-8-11(9-14(17)18)15(19)12-5-3-4-6-13(12)20-2/h3-6,11H,7-9H2,1-2H3,(H,17,18). The highest BCUT2D eigenvalue weighted by Crippen LogP contribution is 2.25. The molecule has 0 aliphatic carbocycles. The number of carbonyl (C=O) groups is 3. The van der Waals surface area contributed by atoms with Crippen LogP contribution in [0.2, 0.25) is 0 Å². The molecule has 5 nitrogen and oxygen atoms in total. The van der Waals surface area contributed by atoms with Gasteiger partial charge in [0.25, 0.3) is 0 Å². The van der Waals surface area contributed by atoms with Crippen molar-refractivity contribution in [3.63, 3.8) is 0 Å². The highest BCUT2D eigenvalue weighted by atomic mass is 16.5. The normalized spacial score (nSPS) is 11.7. The van der Waals surface area contributed by atoms with Crippen LogP contribution in [0.4, 0.5) is 0 Å². The molecule has 108 valence electrons. The zero-order chi connectivity index (χ0) is 15.1. The lowest BCUT2D eigenvalue weighted by atomic mass is 9.89. The number of hydrogen-bond acceptors (Lipinski definition) is 4. The van der Waals surface area contributed by atoms with Crippen LogP contribution < -0.4 is 4.74 Å². The quantitative estimate of drug-likeness (QED) is 0.738. The van der Waals surface area contributed by atoms with Crippen molar-refractivity contribution in [1.82, 2.24) is 0 Å². The Morgan fingerprint density at radius 3 is 2.45 bits per heavy atom. The summed E-state index contributed by atoms with van der Waals surface area (Å²) in [5, 5.41) is 8.90. The van der Waals surface area contributed by atoms with Gasteiger partial charge in [-0.05, 0) is 25.5 Å². The minimum absolute atomic E-state index is 0.0618. The number of carboxylic acids is 1. The zero-order valence-corrected chi connectivity index (χ0v) is 11.6. The molecule has 0 bridgehead atoms. The molecule has 0 spiro atoms. The van der Waals surface area contributed by atoms with E-state index in [1.165, 1.54) is 14.0 Å². The third-order valence-electron chi connectivity index (χ3n) is 3.01. The van der Waals surface area contributed by atoms with E-state index in [0.29, 0.717) is 11.3 Å². The van der Waals surface area contributed by atoms with Crippen molar-refractivity contribution in [1.29, 1.82) is 0 Å². The Kier molecular flexibility index (Phi) is 5.90. The molecule has 0 radical (unpaired) electrons. The minimum Gasteiger partial charge on any atom is -0.496 e. The number of rotatable bonds is 8. The highest BCUT2D eigenvalue weighted by Gasteiger charge is 2.25. The van der Waals surface area contributed by atoms with Gasteiger partial charge in [0.2, 0.25) is 0 Å². The Morgan fingerprint density at radius 1 is 1.25 bits per heavy atom. The molecule has 5 heteroatoms. The Morgan fingerprint density at radius 2 is 1.90 bits per heavy atom. The van der Waals surface area contributed by atoms with Gasteiger partial charge in [-0.15, -0.1) is 0 Å². The number of methoxy groups -OCH3 is 1. The number of hydrogen-bond donors (Lipinski definition) is 1. The maximum atomic E-state index is 12.4. The maximum absolute atomic E-state index is 12.4. The molecule has 1 rings (SSSR count). The second-order valence-corrected chi connectivity index (χ2v) is 4.60. The van der Waals surface area contributed by atoms with Gasteiger partial charge in [-0.3, -0.25) is 9.59 Å². The van der Waals surface area contributed by atoms with Crippen LogP contribution in [0.5, 0.6) is 5.75 Å². The lowest BCUT2D eigenvalue weighted by Gasteiger charge is -2.15. The van der Waals surface area contributed by atoms with Crippen LogP contribution in [0.15, 0.2) is 24.3 Å². The van der Waals surface area contributed by atoms with Crippen LogP contribution in [0, 0.1) is 5.92 Å². The van der Waals surface area contributed by atoms with Crippen molar-refractivity contribution >= 4 is 17.5 Å². The average Bonchev–Trinajstić information content (AvgIpc) is 2.42. The van der Waals surface area contributed by atoms with Gasteiger partial charge in [0.1, 0.15) is 11.5 Å². The lowest BCUT2D eigenvalue weighted by molar-refractivity contribution is -0.138. The van der Waals surface area contributed by atoms with Crippen LogP contribution in [-0.2, 0) is 9.59 Å². The van der Waals surface area contributed by atoms with Gasteiger partial charge in [-0.25, -0.2) is 0 Å². The van der Waals surface area contributed by atoms with Gasteiger partial charge in [-0.1, -0.05) is 12.1 Å². The molecular weight excluding hydrogens is 260 g/mol. The average molecular weight is 278 g/mol. The number of ether oxygens (including phenoxy) is 1. The van der Waals surface area contributed by atoms with Crippen LogP contribution in [0.25, 0.3) is 0 Å². The fourth-order valence-corrected chi connectivity index (χ4v) is 1.98. The van der Waals surface area contributed by atoms with E-state index in [1.807, 2.05) is 0 Å². The first-order valence-electron chi connectivity index (χ1n) is 6.34. The van der Waals surface area contributed by atoms with Crippen molar-refractivity contribution in [3.8, 4) is 5.75 Å². The Bertz CT molecular complexity index is 507. The molecule has 0 heterocycles. The monoisotopic (exact) mass is 278 g/mol. The van der Waals surface area contributed by atoms with E-state index < -0.39 is 11.9 Å². The molecule has 0 saturated heterocycles. The Labute approximate surface area is 117 Å². The van der Waals surface area contributed by atoms with E-state index in [2.05, 4.69) is 0 Å². The fourth-order valence-electron chi connectivity index (χ4n) is 1.98. The summed E-state index contributed by atoms with van der Waals surface area (Å²) in [5.41, 5.74) is 0.352. The van der Waals surface area contributed by atoms with Gasteiger partial charge in [0.15, 0.2) is 5.78 Å². The van der Waals surface area contributed by atoms with Crippen molar-refractivity contribution in [2.75, 3.05) is 7.11 Å². The van der Waals surface area contributed by atoms with Crippen LogP contribution in [0.1, 0.15) is 36.5 Å². The second-order valence-electron chi connectivity index (χ2n) is 4.60. The first kappa shape index (κ1) is 15.9. The van der Waals surface area contributed by atoms with Gasteiger partial charge in [0.05, 0.1) is 19.1 Å². The number of benzene rings is 1. The third-order valence-corrected chi connectivity index (χ3v) is 3.01. The SMILES string of the molecule is COc1ccccc1C(=O)C(CCC(C)=O)CC(=O)O. The topological polar surface area (TPSA) is 80.7 Å². The number of para-hydroxylation sites is 1. The van der Waals surface area contributed by atoms with Gasteiger partial charge in [0, 0.05) is 12.3 Å². The number of ketones is 2. The van der Waals surface area contributed by atoms with E-state index in [0.717, 1.165) is 0 Å². The molecule has 0 aromatic heterocycles. The van der Waals surface area contributed by atoms with Crippen molar-refractivity contribution in [2.24, 2.45) is 5.92 Å². The molecule has 1 N–H and O–H groups in total. The van der Waals surface area contributed by atoms with E-state index in [4.69, 9.17) is 9.84 Å². The Hall–Kier alpha value is -2.17. The summed E-state index contributed by atoms with van der Waals surface area (Å²) in [5.74, 6) is -1.72. The summed E-state index contributed by atoms with van der Waals surface area (Å²) in [6.07, 6.45) is 0.140. The fraction of sp³-hybridized carbons (Fsp3) is 0.400. The second kappa shape index (κ2) is 7.43. The number of carbonyl (C=O) groups excluding carboxylic acids is 2. The molecule has 0 amide bonds. The Balaban J connectivity index is 2.96. The first-order valence-corrected chi connectivity index (χ1v) is 6.34. The summed E-state index contributed by atoms with van der Waals surface area (Å²) in [6.45, 7) is 1.42. The summed E-state index contributed by atoms with van der Waals surface area (Å²) in [6, 6.07) is 6.68. The summed E-state index contributed by atoms with van der Waals surface area (Å²) < 4.78 is 5.11. The number of Topliss-reactive ketones (excluding diaryl/α,β-unsaturated/α-hetero) is 2. The predicted octanol–water partition coefficient (Wildman–Crippen LogP) is 2.34. The van der Waals surface area contributed by atoms with E-state index in [-0.39, 0.29) is 30.8 Å². The number of carboxylic acid groups (broad SMARTS) is 1. The number of aliphatic carboxylic acids is 1. The molecule has 0 aliphatic rings. The summed E-state index contributed by atoms with van der Waals surface area (Å²) in [7, 11) is 1.45. The van der Waals surface area contributed by atoms with Crippen molar-refractivity contribution in [3.05, 3.63) is 29.8 Å². The van der Waals surface area contributed by atoms with Gasteiger partial charge >= 0.3 is 5.97 Å². The van der Waals surface area contributed by atoms with E-state index >= 15 is 0 Å². The predicted molar refractivity (Wildman–Crippen MR) is 73.0 cm³/mol. The highest BCUT2D eigenvalue weighted by molar-refractivity contribution is 6.01. The lowest BCUT2D eigenvalue weighted by Crippen LogP contribution is -2.20. The molecule has 1 aromatic rings. The molecular formula is C15H18O5. The molecule has 0 aliphatic heterocycles. The summed E-state index contributed by atoms with van der Waals surface area (Å²) in [4.78, 5) is 34.3. The first-order chi connectivity index (χ1) is 9.45. The molecule has 1 aromatic carbocycles.